The first-order chi connectivity index (χ1) is 16.7. The van der Waals surface area contributed by atoms with E-state index in [0.29, 0.717) is 13.2 Å². The molecule has 0 amide bonds. The molecular weight excluding hydrogens is 552 g/mol. The maximum atomic E-state index is 6.70. The van der Waals surface area contributed by atoms with Gasteiger partial charge in [0, 0.05) is 33.2 Å². The minimum atomic E-state index is -0.880. The summed E-state index contributed by atoms with van der Waals surface area (Å²) in [5.41, 5.74) is 0.103. The van der Waals surface area contributed by atoms with Crippen molar-refractivity contribution in [1.29, 1.82) is 0 Å². The maximum Gasteiger partial charge on any atom is 0.200 e. The summed E-state index contributed by atoms with van der Waals surface area (Å²) < 4.78 is 23.7. The van der Waals surface area contributed by atoms with Gasteiger partial charge in [0.15, 0.2) is 0 Å². The normalized spacial score (nSPS) is 27.9. The van der Waals surface area contributed by atoms with E-state index in [9.17, 15) is 0 Å². The average molecular weight is 613 g/mol. The predicted octanol–water partition coefficient (Wildman–Crippen LogP) is 9.13. The largest absolute Gasteiger partial charge is 0.328 e. The van der Waals surface area contributed by atoms with Crippen molar-refractivity contribution >= 4 is 33.6 Å². The second-order valence-corrected chi connectivity index (χ2v) is 23.9. The Kier molecular flexibility index (Phi) is 11.1. The quantitative estimate of drug-likeness (QED) is 0.218. The van der Waals surface area contributed by atoms with E-state index in [2.05, 4.69) is 153 Å². The van der Waals surface area contributed by atoms with Crippen LogP contribution in [-0.2, 0) is 9.05 Å². The summed E-state index contributed by atoms with van der Waals surface area (Å²) >= 11 is 0. The van der Waals surface area contributed by atoms with Crippen LogP contribution in [0.5, 0.6) is 0 Å². The first-order valence-electron chi connectivity index (χ1n) is 13.9. The molecule has 0 aromatic heterocycles. The van der Waals surface area contributed by atoms with Gasteiger partial charge in [-0.3, -0.25) is 10.2 Å². The molecule has 0 aromatic carbocycles. The Labute approximate surface area is 241 Å². The molecule has 226 valence electrons. The monoisotopic (exact) mass is 612 g/mol. The topological polar surface area (TPSA) is 55.5 Å². The van der Waals surface area contributed by atoms with Crippen LogP contribution < -0.4 is 10.2 Å². The van der Waals surface area contributed by atoms with E-state index < -0.39 is 33.6 Å². The lowest BCUT2D eigenvalue weighted by molar-refractivity contribution is 0.157. The third kappa shape index (κ3) is 8.95. The van der Waals surface area contributed by atoms with Crippen molar-refractivity contribution in [1.82, 2.24) is 27.9 Å². The lowest BCUT2D eigenvalue weighted by Gasteiger charge is -2.64. The zero-order valence-corrected chi connectivity index (χ0v) is 31.4. The van der Waals surface area contributed by atoms with E-state index in [1.54, 1.807) is 0 Å². The fourth-order valence-electron chi connectivity index (χ4n) is 3.96. The summed E-state index contributed by atoms with van der Waals surface area (Å²) in [6.07, 6.45) is 0. The highest BCUT2D eigenvalue weighted by molar-refractivity contribution is 7.80. The molecule has 12 heteroatoms. The molecule has 0 atom stereocenters. The van der Waals surface area contributed by atoms with Crippen molar-refractivity contribution in [3.8, 4) is 0 Å². The van der Waals surface area contributed by atoms with Crippen molar-refractivity contribution in [3.63, 3.8) is 0 Å². The van der Waals surface area contributed by atoms with Crippen LogP contribution in [0.1, 0.15) is 125 Å². The van der Waals surface area contributed by atoms with Crippen LogP contribution in [0.4, 0.5) is 0 Å². The summed E-state index contributed by atoms with van der Waals surface area (Å²) in [6, 6.07) is 0. The highest BCUT2D eigenvalue weighted by Gasteiger charge is 2.60. The number of hydrogen-bond acceptors (Lipinski definition) is 8. The van der Waals surface area contributed by atoms with Gasteiger partial charge in [0.05, 0.1) is 13.2 Å². The van der Waals surface area contributed by atoms with E-state index >= 15 is 0 Å². The molecule has 0 spiro atoms. The standard InChI is InChI=1S/C26H60N6O2P4/c1-21(2,3)27-35-29(23(7,8)9)37(30(35)24(10,11)12)33-19-20-34-38-31(25(13,14)15)36(28-22(4,5)6)32(38)26(16,17)18/h27-28H,19-20H2,1-18H3. The summed E-state index contributed by atoms with van der Waals surface area (Å²) in [7, 11) is -3.07. The Morgan fingerprint density at radius 1 is 0.421 bits per heavy atom. The van der Waals surface area contributed by atoms with Crippen LogP contribution in [0, 0.1) is 0 Å². The minimum absolute atomic E-state index is 0.0108. The smallest absolute Gasteiger partial charge is 0.200 e. The number of nitrogens with one attached hydrogen (secondary N) is 2. The lowest BCUT2D eigenvalue weighted by atomic mass is 10.1. The second-order valence-electron chi connectivity index (χ2n) is 16.3. The van der Waals surface area contributed by atoms with Gasteiger partial charge < -0.3 is 9.05 Å². The molecule has 2 saturated heterocycles. The van der Waals surface area contributed by atoms with Crippen molar-refractivity contribution < 1.29 is 9.05 Å². The average Bonchev–Trinajstić information content (AvgIpc) is 2.53. The molecule has 2 heterocycles. The zero-order valence-electron chi connectivity index (χ0n) is 27.8. The van der Waals surface area contributed by atoms with E-state index in [-0.39, 0.29) is 33.2 Å². The Balaban J connectivity index is 2.17. The summed E-state index contributed by atoms with van der Waals surface area (Å²) in [5.74, 6) is 0. The van der Waals surface area contributed by atoms with Gasteiger partial charge in [-0.2, -0.15) is 17.8 Å². The predicted molar refractivity (Wildman–Crippen MR) is 172 cm³/mol. The van der Waals surface area contributed by atoms with Crippen molar-refractivity contribution in [2.24, 2.45) is 0 Å². The van der Waals surface area contributed by atoms with Gasteiger partial charge >= 0.3 is 0 Å². The summed E-state index contributed by atoms with van der Waals surface area (Å²) in [5, 5.41) is 7.80. The Morgan fingerprint density at radius 3 is 0.789 bits per heavy atom. The highest BCUT2D eigenvalue weighted by Crippen LogP contribution is 2.81. The van der Waals surface area contributed by atoms with E-state index in [0.717, 1.165) is 0 Å². The molecule has 2 fully saturated rings. The third-order valence-corrected chi connectivity index (χ3v) is 19.1. The Morgan fingerprint density at radius 2 is 0.632 bits per heavy atom. The van der Waals surface area contributed by atoms with Crippen LogP contribution >= 0.6 is 33.6 Å². The van der Waals surface area contributed by atoms with Crippen LogP contribution in [0.3, 0.4) is 0 Å². The fourth-order valence-corrected chi connectivity index (χ4v) is 15.8. The van der Waals surface area contributed by atoms with Crippen LogP contribution in [0.15, 0.2) is 0 Å². The number of nitrogens with zero attached hydrogens (tertiary/aromatic N) is 4. The third-order valence-electron chi connectivity index (χ3n) is 5.13. The van der Waals surface area contributed by atoms with E-state index in [4.69, 9.17) is 9.05 Å². The molecule has 38 heavy (non-hydrogen) atoms. The van der Waals surface area contributed by atoms with Gasteiger partial charge in [0.2, 0.25) is 16.9 Å². The summed E-state index contributed by atoms with van der Waals surface area (Å²) in [4.78, 5) is 0. The Hall–Kier alpha value is 1.40. The molecule has 2 N–H and O–H groups in total. The minimum Gasteiger partial charge on any atom is -0.328 e. The molecular formula is C26H60N6O2P4. The molecule has 0 unspecified atom stereocenters. The fraction of sp³-hybridized carbons (Fsp3) is 1.00. The molecule has 0 aromatic rings. The Bertz CT molecular complexity index is 683. The van der Waals surface area contributed by atoms with Crippen molar-refractivity contribution in [2.75, 3.05) is 13.2 Å². The van der Waals surface area contributed by atoms with Crippen LogP contribution in [0.25, 0.3) is 0 Å². The summed E-state index contributed by atoms with van der Waals surface area (Å²) in [6.45, 7) is 42.2. The first kappa shape index (κ1) is 35.6. The number of hydrogen-bond donors (Lipinski definition) is 2. The molecule has 0 saturated carbocycles. The van der Waals surface area contributed by atoms with E-state index in [1.165, 1.54) is 0 Å². The maximum absolute atomic E-state index is 6.70. The second kappa shape index (κ2) is 11.8. The molecule has 2 rings (SSSR count). The van der Waals surface area contributed by atoms with Crippen molar-refractivity contribution in [3.05, 3.63) is 0 Å². The lowest BCUT2D eigenvalue weighted by Crippen LogP contribution is -2.58. The van der Waals surface area contributed by atoms with Gasteiger partial charge in [0.25, 0.3) is 0 Å². The van der Waals surface area contributed by atoms with Crippen LogP contribution in [0.2, 0.25) is 0 Å². The zero-order chi connectivity index (χ0) is 29.9. The highest BCUT2D eigenvalue weighted by atomic mass is 31.3. The van der Waals surface area contributed by atoms with Gasteiger partial charge in [-0.15, -0.1) is 0 Å². The first-order valence-corrected chi connectivity index (χ1v) is 18.7. The van der Waals surface area contributed by atoms with Gasteiger partial charge in [0.1, 0.15) is 16.7 Å². The SMILES string of the molecule is CC(C)(C)NP1N(C(C)(C)C)P(OCCOP2N(C(C)(C)C)P(NC(C)(C)C)N2C(C)(C)C)N1C(C)(C)C. The van der Waals surface area contributed by atoms with Gasteiger partial charge in [-0.05, 0) is 125 Å². The van der Waals surface area contributed by atoms with Gasteiger partial charge in [-0.1, -0.05) is 0 Å². The van der Waals surface area contributed by atoms with Crippen LogP contribution in [-0.4, -0.2) is 64.2 Å². The molecule has 0 bridgehead atoms. The molecule has 0 radical (unpaired) electrons. The van der Waals surface area contributed by atoms with Crippen molar-refractivity contribution in [2.45, 2.75) is 158 Å². The molecule has 8 nitrogen and oxygen atoms in total. The van der Waals surface area contributed by atoms with Gasteiger partial charge in [-0.25, -0.2) is 0 Å². The molecule has 0 aliphatic carbocycles. The van der Waals surface area contributed by atoms with E-state index in [1.807, 2.05) is 0 Å². The number of rotatable bonds is 7. The molecule has 2 aliphatic heterocycles. The molecule has 2 aliphatic rings.